The van der Waals surface area contributed by atoms with E-state index in [-0.39, 0.29) is 18.2 Å². The van der Waals surface area contributed by atoms with Crippen molar-refractivity contribution in [1.82, 2.24) is 20.9 Å². The van der Waals surface area contributed by atoms with Crippen molar-refractivity contribution in [3.63, 3.8) is 0 Å². The third kappa shape index (κ3) is 7.72. The van der Waals surface area contributed by atoms with Crippen LogP contribution in [0.25, 0.3) is 0 Å². The molecule has 0 radical (unpaired) electrons. The van der Waals surface area contributed by atoms with E-state index in [1.807, 2.05) is 107 Å². The van der Waals surface area contributed by atoms with Crippen LogP contribution in [0.2, 0.25) is 0 Å². The Kier molecular flexibility index (Phi) is 10.3. The number of rotatable bonds is 10. The van der Waals surface area contributed by atoms with Crippen molar-refractivity contribution in [3.05, 3.63) is 107 Å². The number of amides is 4. The Morgan fingerprint density at radius 1 is 0.881 bits per heavy atom. The Labute approximate surface area is 252 Å². The van der Waals surface area contributed by atoms with E-state index < -0.39 is 34.9 Å². The zero-order chi connectivity index (χ0) is 30.3. The van der Waals surface area contributed by atoms with Crippen molar-refractivity contribution in [2.75, 3.05) is 5.88 Å². The highest BCUT2D eigenvalue weighted by Gasteiger charge is 2.49. The molecular formula is C33H40N4O4S. The maximum absolute atomic E-state index is 13.8. The molecule has 0 bridgehead atoms. The number of carbonyl (C=O) groups is 3. The van der Waals surface area contributed by atoms with Crippen LogP contribution >= 0.6 is 11.8 Å². The number of hydrogen-bond donors (Lipinski definition) is 4. The predicted molar refractivity (Wildman–Crippen MR) is 167 cm³/mol. The number of nitrogens with zero attached hydrogens (tertiary/aromatic N) is 1. The highest BCUT2D eigenvalue weighted by molar-refractivity contribution is 8.00. The van der Waals surface area contributed by atoms with Gasteiger partial charge in [0.15, 0.2) is 6.10 Å². The molecule has 4 amide bonds. The molecule has 0 spiro atoms. The van der Waals surface area contributed by atoms with Gasteiger partial charge < -0.3 is 26.0 Å². The molecule has 9 heteroatoms. The molecule has 0 aliphatic carbocycles. The first-order valence-corrected chi connectivity index (χ1v) is 15.1. The van der Waals surface area contributed by atoms with E-state index in [9.17, 15) is 19.5 Å². The van der Waals surface area contributed by atoms with Crippen LogP contribution < -0.4 is 16.0 Å². The molecule has 222 valence electrons. The second kappa shape index (κ2) is 13.9. The summed E-state index contributed by atoms with van der Waals surface area (Å²) in [6.07, 6.45) is -1.32. The van der Waals surface area contributed by atoms with Gasteiger partial charge in [0.05, 0.1) is 11.9 Å². The second-order valence-corrected chi connectivity index (χ2v) is 12.8. The quantitative estimate of drug-likeness (QED) is 0.286. The predicted octanol–water partition coefficient (Wildman–Crippen LogP) is 4.07. The summed E-state index contributed by atoms with van der Waals surface area (Å²) < 4.78 is -0.571. The largest absolute Gasteiger partial charge is 0.381 e. The van der Waals surface area contributed by atoms with E-state index in [0.717, 1.165) is 27.8 Å². The lowest BCUT2D eigenvalue weighted by Crippen LogP contribution is -2.59. The highest BCUT2D eigenvalue weighted by atomic mass is 32.2. The fourth-order valence-electron chi connectivity index (χ4n) is 5.16. The van der Waals surface area contributed by atoms with Gasteiger partial charge in [0.25, 0.3) is 5.91 Å². The van der Waals surface area contributed by atoms with Gasteiger partial charge in [-0.25, -0.2) is 4.79 Å². The van der Waals surface area contributed by atoms with E-state index >= 15 is 0 Å². The van der Waals surface area contributed by atoms with Crippen molar-refractivity contribution in [3.8, 4) is 0 Å². The summed E-state index contributed by atoms with van der Waals surface area (Å²) in [6, 6.07) is 22.8. The van der Waals surface area contributed by atoms with Crippen molar-refractivity contribution in [2.45, 2.75) is 70.1 Å². The lowest BCUT2D eigenvalue weighted by Gasteiger charge is -2.33. The van der Waals surface area contributed by atoms with Crippen molar-refractivity contribution < 1.29 is 19.5 Å². The maximum atomic E-state index is 13.8. The van der Waals surface area contributed by atoms with Crippen LogP contribution in [0.3, 0.4) is 0 Å². The number of aliphatic hydroxyl groups is 1. The second-order valence-electron chi connectivity index (χ2n) is 11.2. The molecule has 4 N–H and O–H groups in total. The molecule has 1 aliphatic heterocycles. The summed E-state index contributed by atoms with van der Waals surface area (Å²) in [4.78, 5) is 41.7. The summed E-state index contributed by atoms with van der Waals surface area (Å²) >= 11 is 1.48. The molecule has 8 nitrogen and oxygen atoms in total. The molecule has 1 aliphatic rings. The monoisotopic (exact) mass is 588 g/mol. The van der Waals surface area contributed by atoms with Crippen molar-refractivity contribution in [1.29, 1.82) is 0 Å². The highest BCUT2D eigenvalue weighted by Crippen LogP contribution is 2.40. The van der Waals surface area contributed by atoms with E-state index in [0.29, 0.717) is 13.1 Å². The molecule has 3 aromatic rings. The van der Waals surface area contributed by atoms with Gasteiger partial charge >= 0.3 is 6.03 Å². The summed E-state index contributed by atoms with van der Waals surface area (Å²) in [5, 5.41) is 20.1. The minimum absolute atomic E-state index is 0.236. The summed E-state index contributed by atoms with van der Waals surface area (Å²) in [6.45, 7) is 8.45. The van der Waals surface area contributed by atoms with Gasteiger partial charge in [0.1, 0.15) is 6.04 Å². The Morgan fingerprint density at radius 2 is 1.43 bits per heavy atom. The first kappa shape index (κ1) is 31.1. The minimum atomic E-state index is -1.56. The first-order valence-electron chi connectivity index (χ1n) is 14.1. The summed E-state index contributed by atoms with van der Waals surface area (Å²) in [5.74, 6) is -0.621. The molecule has 0 aromatic heterocycles. The SMILES string of the molecule is Cc1ccccc1CNC(=O)N[C@@H](Cc1ccccc1)[C@H](O)C(=O)N1CSC(C)(C)[C@H]1C(=O)NCc1ccccc1C. The summed E-state index contributed by atoms with van der Waals surface area (Å²) in [5.41, 5.74) is 4.94. The number of thioether (sulfide) groups is 1. The minimum Gasteiger partial charge on any atom is -0.381 e. The lowest BCUT2D eigenvalue weighted by molar-refractivity contribution is -0.147. The number of urea groups is 1. The van der Waals surface area contributed by atoms with E-state index in [2.05, 4.69) is 16.0 Å². The first-order chi connectivity index (χ1) is 20.1. The maximum Gasteiger partial charge on any atom is 0.315 e. The average molecular weight is 589 g/mol. The van der Waals surface area contributed by atoms with Crippen LogP contribution in [0.4, 0.5) is 4.79 Å². The van der Waals surface area contributed by atoms with Gasteiger partial charge in [-0.2, -0.15) is 0 Å². The molecule has 4 rings (SSSR count). The number of aliphatic hydroxyl groups excluding tert-OH is 1. The van der Waals surface area contributed by atoms with E-state index in [4.69, 9.17) is 0 Å². The van der Waals surface area contributed by atoms with Gasteiger partial charge in [0.2, 0.25) is 5.91 Å². The Hall–Kier alpha value is -3.82. The zero-order valence-corrected chi connectivity index (χ0v) is 25.4. The Balaban J connectivity index is 1.48. The van der Waals surface area contributed by atoms with Gasteiger partial charge in [-0.05, 0) is 61.9 Å². The molecule has 0 unspecified atom stereocenters. The Morgan fingerprint density at radius 3 is 2.02 bits per heavy atom. The molecule has 1 fully saturated rings. The van der Waals surface area contributed by atoms with Crippen LogP contribution in [-0.2, 0) is 29.1 Å². The third-order valence-corrected chi connectivity index (χ3v) is 9.12. The molecule has 3 atom stereocenters. The average Bonchev–Trinajstić information content (AvgIpc) is 3.30. The molecular weight excluding hydrogens is 548 g/mol. The lowest BCUT2D eigenvalue weighted by atomic mass is 9.97. The Bertz CT molecular complexity index is 1400. The fraction of sp³-hybridized carbons (Fsp3) is 0.364. The zero-order valence-electron chi connectivity index (χ0n) is 24.6. The smallest absolute Gasteiger partial charge is 0.315 e. The van der Waals surface area contributed by atoms with E-state index in [1.165, 1.54) is 16.7 Å². The van der Waals surface area contributed by atoms with Crippen LogP contribution in [0, 0.1) is 13.8 Å². The van der Waals surface area contributed by atoms with Crippen molar-refractivity contribution >= 4 is 29.6 Å². The molecule has 3 aromatic carbocycles. The van der Waals surface area contributed by atoms with Gasteiger partial charge in [-0.3, -0.25) is 9.59 Å². The summed E-state index contributed by atoms with van der Waals surface area (Å²) in [7, 11) is 0. The molecule has 1 heterocycles. The number of aryl methyl sites for hydroxylation is 2. The van der Waals surface area contributed by atoms with Crippen LogP contribution in [-0.4, -0.2) is 56.7 Å². The number of carbonyl (C=O) groups excluding carboxylic acids is 3. The number of hydrogen-bond acceptors (Lipinski definition) is 5. The van der Waals surface area contributed by atoms with Gasteiger partial charge in [0, 0.05) is 17.8 Å². The number of nitrogens with one attached hydrogen (secondary N) is 3. The van der Waals surface area contributed by atoms with E-state index in [1.54, 1.807) is 0 Å². The van der Waals surface area contributed by atoms with Crippen LogP contribution in [0.15, 0.2) is 78.9 Å². The van der Waals surface area contributed by atoms with Crippen LogP contribution in [0.5, 0.6) is 0 Å². The third-order valence-electron chi connectivity index (χ3n) is 7.74. The van der Waals surface area contributed by atoms with Gasteiger partial charge in [-0.1, -0.05) is 78.9 Å². The fourth-order valence-corrected chi connectivity index (χ4v) is 6.30. The van der Waals surface area contributed by atoms with Gasteiger partial charge in [-0.15, -0.1) is 11.8 Å². The molecule has 1 saturated heterocycles. The molecule has 0 saturated carbocycles. The van der Waals surface area contributed by atoms with Crippen molar-refractivity contribution in [2.24, 2.45) is 0 Å². The normalized spacial score (nSPS) is 17.3. The van der Waals surface area contributed by atoms with Crippen LogP contribution in [0.1, 0.15) is 41.7 Å². The topological polar surface area (TPSA) is 111 Å². The standard InChI is InChI=1S/C33H40N4O4S/c1-22-12-8-10-16-25(22)19-34-30(39)29-33(3,4)42-21-37(29)31(40)28(38)27(18-24-14-6-5-7-15-24)36-32(41)35-20-26-17-11-9-13-23(26)2/h5-17,27-29,38H,18-21H2,1-4H3,(H,34,39)(H2,35,36,41)/t27-,28-,29+/m0/s1. The molecule has 42 heavy (non-hydrogen) atoms. The number of benzene rings is 3.